The molecule has 0 amide bonds. The predicted molar refractivity (Wildman–Crippen MR) is 109 cm³/mol. The van der Waals surface area contributed by atoms with E-state index in [4.69, 9.17) is 23.4 Å². The van der Waals surface area contributed by atoms with Crippen molar-refractivity contribution in [1.29, 1.82) is 0 Å². The molecule has 0 unspecified atom stereocenters. The van der Waals surface area contributed by atoms with Crippen LogP contribution in [0, 0.1) is 0 Å². The van der Waals surface area contributed by atoms with Crippen LogP contribution >= 0.6 is 0 Å². The molecule has 0 saturated carbocycles. The molecule has 158 valence electrons. The van der Waals surface area contributed by atoms with Gasteiger partial charge in [-0.15, -0.1) is 0 Å². The second-order valence-electron chi connectivity index (χ2n) is 6.62. The Morgan fingerprint density at radius 1 is 0.385 bits per heavy atom. The van der Waals surface area contributed by atoms with E-state index in [0.29, 0.717) is 0 Å². The quantitative estimate of drug-likeness (QED) is 0.0626. The van der Waals surface area contributed by atoms with E-state index >= 15 is 0 Å². The summed E-state index contributed by atoms with van der Waals surface area (Å²) in [6, 6.07) is 0. The van der Waals surface area contributed by atoms with E-state index in [1.165, 1.54) is 12.8 Å². The first-order chi connectivity index (χ1) is 12.8. The molecule has 0 aromatic rings. The minimum Gasteiger partial charge on any atom is -0.303 e. The van der Waals surface area contributed by atoms with Gasteiger partial charge in [0, 0.05) is 26.2 Å². The molecule has 0 aromatic carbocycles. The highest BCUT2D eigenvalue weighted by atomic mass is 15.2. The Bertz CT molecular complexity index is 223. The highest BCUT2D eigenvalue weighted by Crippen LogP contribution is 2.02. The van der Waals surface area contributed by atoms with Crippen LogP contribution in [0.15, 0.2) is 0 Å². The molecule has 0 fully saturated rings. The number of unbranched alkanes of at least 4 members (excludes halogenated alkanes) is 1. The molecule has 26 heavy (non-hydrogen) atoms. The van der Waals surface area contributed by atoms with Crippen LogP contribution in [-0.2, 0) is 0 Å². The molecule has 0 aliphatic heterocycles. The maximum Gasteiger partial charge on any atom is 0.0110 e. The largest absolute Gasteiger partial charge is 0.303 e. The lowest BCUT2D eigenvalue weighted by Gasteiger charge is -2.25. The van der Waals surface area contributed by atoms with Gasteiger partial charge in [-0.05, 0) is 77.8 Å². The molecule has 0 aliphatic carbocycles. The average Bonchev–Trinajstić information content (AvgIpc) is 2.64. The van der Waals surface area contributed by atoms with Gasteiger partial charge in [-0.1, -0.05) is 0 Å². The molecule has 0 spiro atoms. The van der Waals surface area contributed by atoms with E-state index in [-0.39, 0.29) is 0 Å². The zero-order valence-corrected chi connectivity index (χ0v) is 16.5. The smallest absolute Gasteiger partial charge is 0.0110 e. The van der Waals surface area contributed by atoms with Crippen LogP contribution in [-0.4, -0.2) is 75.2 Å². The number of hydrogen-bond donors (Lipinski definition) is 8. The molecule has 10 heteroatoms. The summed E-state index contributed by atoms with van der Waals surface area (Å²) in [6.07, 6.45) is 6.67. The lowest BCUT2D eigenvalue weighted by molar-refractivity contribution is 0.233. The fourth-order valence-electron chi connectivity index (χ4n) is 2.96. The molecule has 0 rings (SSSR count). The van der Waals surface area contributed by atoms with Crippen molar-refractivity contribution in [3.63, 3.8) is 0 Å². The van der Waals surface area contributed by atoms with E-state index in [2.05, 4.69) is 31.5 Å². The molecule has 10 nitrogen and oxygen atoms in total. The Balaban J connectivity index is 4.04. The maximum atomic E-state index is 5.37. The van der Waals surface area contributed by atoms with Crippen LogP contribution in [0.3, 0.4) is 0 Å². The highest BCUT2D eigenvalue weighted by molar-refractivity contribution is 4.64. The van der Waals surface area contributed by atoms with Crippen molar-refractivity contribution < 1.29 is 0 Å². The van der Waals surface area contributed by atoms with Crippen molar-refractivity contribution in [2.45, 2.75) is 38.5 Å². The molecule has 0 radical (unpaired) electrons. The van der Waals surface area contributed by atoms with Crippen molar-refractivity contribution in [2.24, 2.45) is 23.4 Å². The first-order valence-corrected chi connectivity index (χ1v) is 9.97. The van der Waals surface area contributed by atoms with Gasteiger partial charge in [0.2, 0.25) is 0 Å². The van der Waals surface area contributed by atoms with Crippen molar-refractivity contribution in [3.05, 3.63) is 0 Å². The molecule has 0 saturated heterocycles. The summed E-state index contributed by atoms with van der Waals surface area (Å²) in [6.45, 7) is 9.94. The first kappa shape index (κ1) is 25.6. The van der Waals surface area contributed by atoms with Crippen LogP contribution in [0.4, 0.5) is 0 Å². The summed E-state index contributed by atoms with van der Waals surface area (Å²) in [5, 5.41) is 0. The van der Waals surface area contributed by atoms with E-state index < -0.39 is 0 Å². The molecular weight excluding hydrogens is 332 g/mol. The molecule has 0 atom stereocenters. The second-order valence-corrected chi connectivity index (χ2v) is 6.62. The SMILES string of the molecule is NNCCCN(CCCCN(CCCNN)CCCNN)CCCNN. The third kappa shape index (κ3) is 17.0. The maximum absolute atomic E-state index is 5.37. The molecule has 0 bridgehead atoms. The van der Waals surface area contributed by atoms with Crippen LogP contribution in [0.5, 0.6) is 0 Å². The Labute approximate surface area is 159 Å². The predicted octanol–water partition coefficient (Wildman–Crippen LogP) is -2.22. The van der Waals surface area contributed by atoms with Gasteiger partial charge in [-0.2, -0.15) is 0 Å². The Hall–Kier alpha value is -0.400. The summed E-state index contributed by atoms with van der Waals surface area (Å²) in [7, 11) is 0. The normalized spacial score (nSPS) is 11.8. The summed E-state index contributed by atoms with van der Waals surface area (Å²) in [5.74, 6) is 21.5. The van der Waals surface area contributed by atoms with Gasteiger partial charge in [0.05, 0.1) is 0 Å². The molecule has 0 aromatic heterocycles. The highest BCUT2D eigenvalue weighted by Gasteiger charge is 2.07. The number of rotatable bonds is 21. The van der Waals surface area contributed by atoms with Crippen LogP contribution < -0.4 is 45.1 Å². The fourth-order valence-corrected chi connectivity index (χ4v) is 2.96. The van der Waals surface area contributed by atoms with E-state index in [0.717, 1.165) is 91.1 Å². The van der Waals surface area contributed by atoms with Crippen molar-refractivity contribution in [1.82, 2.24) is 31.5 Å². The zero-order valence-electron chi connectivity index (χ0n) is 16.5. The lowest BCUT2D eigenvalue weighted by atomic mass is 10.2. The van der Waals surface area contributed by atoms with Gasteiger partial charge in [0.25, 0.3) is 0 Å². The standard InChI is InChI=1S/C16H44N10/c17-21-7-3-13-25(14-4-8-22-18)11-1-2-12-26(15-5-9-23-19)16-6-10-24-20/h21-24H,1-20H2. The van der Waals surface area contributed by atoms with Gasteiger partial charge in [0.15, 0.2) is 0 Å². The Morgan fingerprint density at radius 2 is 0.615 bits per heavy atom. The van der Waals surface area contributed by atoms with Gasteiger partial charge in [-0.25, -0.2) is 0 Å². The minimum atomic E-state index is 0.851. The van der Waals surface area contributed by atoms with Gasteiger partial charge < -0.3 is 9.80 Å². The van der Waals surface area contributed by atoms with Crippen LogP contribution in [0.1, 0.15) is 38.5 Å². The summed E-state index contributed by atoms with van der Waals surface area (Å²) < 4.78 is 0. The minimum absolute atomic E-state index is 0.851. The zero-order chi connectivity index (χ0) is 19.3. The molecule has 0 aliphatic rings. The summed E-state index contributed by atoms with van der Waals surface area (Å²) in [4.78, 5) is 5.02. The molecule has 12 N–H and O–H groups in total. The van der Waals surface area contributed by atoms with Gasteiger partial charge >= 0.3 is 0 Å². The van der Waals surface area contributed by atoms with E-state index in [1.807, 2.05) is 0 Å². The van der Waals surface area contributed by atoms with E-state index in [1.54, 1.807) is 0 Å². The second kappa shape index (κ2) is 20.9. The lowest BCUT2D eigenvalue weighted by Crippen LogP contribution is -2.35. The number of hydrogen-bond acceptors (Lipinski definition) is 10. The third-order valence-electron chi connectivity index (χ3n) is 4.38. The average molecular weight is 377 g/mol. The van der Waals surface area contributed by atoms with Crippen LogP contribution in [0.2, 0.25) is 0 Å². The van der Waals surface area contributed by atoms with Gasteiger partial charge in [-0.3, -0.25) is 45.1 Å². The number of nitrogens with zero attached hydrogens (tertiary/aromatic N) is 2. The Morgan fingerprint density at radius 3 is 0.846 bits per heavy atom. The van der Waals surface area contributed by atoms with Crippen molar-refractivity contribution in [3.8, 4) is 0 Å². The Kier molecular flexibility index (Phi) is 20.6. The number of nitrogens with two attached hydrogens (primary N) is 4. The molecular formula is C16H44N10. The topological polar surface area (TPSA) is 159 Å². The van der Waals surface area contributed by atoms with E-state index in [9.17, 15) is 0 Å². The molecule has 0 heterocycles. The number of nitrogens with one attached hydrogen (secondary N) is 4. The summed E-state index contributed by atoms with van der Waals surface area (Å²) >= 11 is 0. The number of hydrazine groups is 4. The van der Waals surface area contributed by atoms with Gasteiger partial charge in [0.1, 0.15) is 0 Å². The monoisotopic (exact) mass is 376 g/mol. The first-order valence-electron chi connectivity index (χ1n) is 9.97. The summed E-state index contributed by atoms with van der Waals surface area (Å²) in [5.41, 5.74) is 10.9. The third-order valence-corrected chi connectivity index (χ3v) is 4.38. The fraction of sp³-hybridized carbons (Fsp3) is 1.00. The van der Waals surface area contributed by atoms with Crippen LogP contribution in [0.25, 0.3) is 0 Å². The van der Waals surface area contributed by atoms with Crippen molar-refractivity contribution >= 4 is 0 Å². The van der Waals surface area contributed by atoms with Crippen molar-refractivity contribution in [2.75, 3.05) is 65.4 Å².